The summed E-state index contributed by atoms with van der Waals surface area (Å²) in [6, 6.07) is 9.34. The highest BCUT2D eigenvalue weighted by molar-refractivity contribution is 6.10. The van der Waals surface area contributed by atoms with Gasteiger partial charge in [-0.1, -0.05) is 29.9 Å². The molecule has 2 aromatic carbocycles. The van der Waals surface area contributed by atoms with Crippen LogP contribution in [-0.4, -0.2) is 36.0 Å². The van der Waals surface area contributed by atoms with Gasteiger partial charge in [-0.05, 0) is 47.5 Å². The van der Waals surface area contributed by atoms with E-state index in [0.717, 1.165) is 0 Å². The minimum atomic E-state index is -0.347. The summed E-state index contributed by atoms with van der Waals surface area (Å²) >= 11 is 0. The summed E-state index contributed by atoms with van der Waals surface area (Å²) in [5.41, 5.74) is 5.83. The first kappa shape index (κ1) is 23.1. The van der Waals surface area contributed by atoms with Crippen LogP contribution in [0.15, 0.2) is 48.6 Å². The Hall–Kier alpha value is -3.94. The van der Waals surface area contributed by atoms with Gasteiger partial charge in [0.1, 0.15) is 0 Å². The van der Waals surface area contributed by atoms with Gasteiger partial charge in [-0.3, -0.25) is 9.59 Å². The maximum Gasteiger partial charge on any atom is 0.163 e. The van der Waals surface area contributed by atoms with Gasteiger partial charge in [0.15, 0.2) is 34.6 Å². The molecule has 8 heteroatoms. The quantitative estimate of drug-likeness (QED) is 0.350. The number of phenolic OH excluding ortho intramolecular Hbond substituents is 2. The summed E-state index contributed by atoms with van der Waals surface area (Å²) in [6.07, 6.45) is 5.44. The predicted octanol–water partition coefficient (Wildman–Crippen LogP) is 3.70. The third-order valence-electron chi connectivity index (χ3n) is 3.68. The number of phenols is 2. The van der Waals surface area contributed by atoms with Gasteiger partial charge in [-0.15, -0.1) is 0 Å². The summed E-state index contributed by atoms with van der Waals surface area (Å²) in [6.45, 7) is 0. The second-order valence-corrected chi connectivity index (χ2v) is 5.64. The number of benzene rings is 2. The molecule has 2 rings (SSSR count). The molecule has 0 heterocycles. The largest absolute Gasteiger partial charge is 0.504 e. The first-order valence-corrected chi connectivity index (χ1v) is 8.29. The second-order valence-electron chi connectivity index (χ2n) is 5.64. The SMILES string of the molecule is COc1cc(/C=C/C(=O)CC(=O)/C=C/c2ccc(O)c(OC)c2)ccc1O.N=O. The molecule has 0 radical (unpaired) electrons. The van der Waals surface area contributed by atoms with E-state index in [9.17, 15) is 19.8 Å². The Kier molecular flexibility index (Phi) is 9.32. The van der Waals surface area contributed by atoms with E-state index in [2.05, 4.69) is 5.59 Å². The molecule has 0 aliphatic heterocycles. The molecular formula is C21H21NO7. The van der Waals surface area contributed by atoms with E-state index in [1.807, 2.05) is 0 Å². The van der Waals surface area contributed by atoms with Gasteiger partial charge in [0.25, 0.3) is 0 Å². The van der Waals surface area contributed by atoms with Gasteiger partial charge < -0.3 is 19.7 Å². The van der Waals surface area contributed by atoms with Crippen molar-refractivity contribution in [3.63, 3.8) is 0 Å². The van der Waals surface area contributed by atoms with Crippen LogP contribution in [0.4, 0.5) is 0 Å². The van der Waals surface area contributed by atoms with Crippen LogP contribution in [0.3, 0.4) is 0 Å². The Bertz CT molecular complexity index is 846. The second kappa shape index (κ2) is 11.7. The third kappa shape index (κ3) is 7.30. The number of nitroso groups, excluding NO2 is 1. The zero-order valence-electron chi connectivity index (χ0n) is 15.9. The van der Waals surface area contributed by atoms with Crippen LogP contribution in [0, 0.1) is 10.5 Å². The van der Waals surface area contributed by atoms with Gasteiger partial charge in [0, 0.05) is 0 Å². The van der Waals surface area contributed by atoms with Crippen LogP contribution in [-0.2, 0) is 9.59 Å². The molecule has 0 saturated heterocycles. The van der Waals surface area contributed by atoms with E-state index in [1.165, 1.54) is 38.5 Å². The van der Waals surface area contributed by atoms with Crippen molar-refractivity contribution in [2.45, 2.75) is 6.42 Å². The molecule has 3 N–H and O–H groups in total. The van der Waals surface area contributed by atoms with Crippen LogP contribution in [0.25, 0.3) is 12.2 Å². The van der Waals surface area contributed by atoms with E-state index >= 15 is 0 Å². The number of hydrogen-bond donors (Lipinski definition) is 3. The summed E-state index contributed by atoms with van der Waals surface area (Å²) in [5.74, 6) is -0.0832. The summed E-state index contributed by atoms with van der Waals surface area (Å²) < 4.78 is 10.00. The van der Waals surface area contributed by atoms with Crippen LogP contribution in [0.5, 0.6) is 23.0 Å². The fourth-order valence-corrected chi connectivity index (χ4v) is 2.26. The van der Waals surface area contributed by atoms with Gasteiger partial charge >= 0.3 is 0 Å². The zero-order chi connectivity index (χ0) is 21.8. The molecule has 29 heavy (non-hydrogen) atoms. The van der Waals surface area contributed by atoms with E-state index in [0.29, 0.717) is 22.6 Å². The highest BCUT2D eigenvalue weighted by Crippen LogP contribution is 2.27. The van der Waals surface area contributed by atoms with E-state index in [1.54, 1.807) is 36.4 Å². The number of ketones is 2. The van der Waals surface area contributed by atoms with Crippen molar-refractivity contribution in [2.75, 3.05) is 14.2 Å². The fraction of sp³-hybridized carbons (Fsp3) is 0.143. The lowest BCUT2D eigenvalue weighted by atomic mass is 10.1. The average Bonchev–Trinajstić information content (AvgIpc) is 2.74. The monoisotopic (exact) mass is 399 g/mol. The van der Waals surface area contributed by atoms with Gasteiger partial charge in [0.05, 0.1) is 20.6 Å². The van der Waals surface area contributed by atoms with Crippen LogP contribution >= 0.6 is 0 Å². The average molecular weight is 399 g/mol. The van der Waals surface area contributed by atoms with E-state index in [4.69, 9.17) is 14.4 Å². The fourth-order valence-electron chi connectivity index (χ4n) is 2.26. The first-order valence-electron chi connectivity index (χ1n) is 8.29. The molecule has 0 fully saturated rings. The Morgan fingerprint density at radius 3 is 1.55 bits per heavy atom. The minimum absolute atomic E-state index is 0.00662. The number of ether oxygens (including phenoxy) is 2. The Morgan fingerprint density at radius 1 is 0.828 bits per heavy atom. The molecule has 0 aromatic heterocycles. The normalized spacial score (nSPS) is 10.4. The van der Waals surface area contributed by atoms with Crippen molar-refractivity contribution in [3.8, 4) is 23.0 Å². The molecule has 8 nitrogen and oxygen atoms in total. The lowest BCUT2D eigenvalue weighted by Crippen LogP contribution is -2.01. The molecule has 0 spiro atoms. The number of rotatable bonds is 8. The summed E-state index contributed by atoms with van der Waals surface area (Å²) in [7, 11) is 2.87. The highest BCUT2D eigenvalue weighted by Gasteiger charge is 2.06. The van der Waals surface area contributed by atoms with Crippen molar-refractivity contribution in [1.82, 2.24) is 0 Å². The number of hydrogen-bond acceptors (Lipinski definition) is 8. The van der Waals surface area contributed by atoms with Crippen LogP contribution < -0.4 is 9.47 Å². The number of nitrogens with one attached hydrogen (secondary N) is 1. The minimum Gasteiger partial charge on any atom is -0.504 e. The number of carbonyl (C=O) groups excluding carboxylic acids is 2. The number of allylic oxidation sites excluding steroid dienone is 2. The van der Waals surface area contributed by atoms with Crippen molar-refractivity contribution >= 4 is 23.7 Å². The molecule has 0 aliphatic rings. The number of carbonyl (C=O) groups is 2. The molecule has 2 aromatic rings. The molecule has 152 valence electrons. The van der Waals surface area contributed by atoms with E-state index < -0.39 is 0 Å². The Balaban J connectivity index is 0.00000204. The lowest BCUT2D eigenvalue weighted by molar-refractivity contribution is -0.121. The molecule has 0 atom stereocenters. The van der Waals surface area contributed by atoms with Crippen molar-refractivity contribution in [1.29, 1.82) is 5.59 Å². The molecule has 0 bridgehead atoms. The molecular weight excluding hydrogens is 378 g/mol. The highest BCUT2D eigenvalue weighted by atomic mass is 16.5. The van der Waals surface area contributed by atoms with Gasteiger partial charge in [-0.25, -0.2) is 0 Å². The third-order valence-corrected chi connectivity index (χ3v) is 3.68. The number of methoxy groups -OCH3 is 2. The van der Waals surface area contributed by atoms with Crippen molar-refractivity contribution < 1.29 is 29.3 Å². The molecule has 0 aliphatic carbocycles. The molecule has 0 saturated carbocycles. The lowest BCUT2D eigenvalue weighted by Gasteiger charge is -2.03. The smallest absolute Gasteiger partial charge is 0.163 e. The van der Waals surface area contributed by atoms with Crippen LogP contribution in [0.1, 0.15) is 17.5 Å². The predicted molar refractivity (Wildman–Crippen MR) is 108 cm³/mol. The topological polar surface area (TPSA) is 134 Å². The van der Waals surface area contributed by atoms with E-state index in [-0.39, 0.29) is 29.5 Å². The summed E-state index contributed by atoms with van der Waals surface area (Å²) in [5, 5.41) is 19.1. The van der Waals surface area contributed by atoms with Crippen LogP contribution in [0.2, 0.25) is 0 Å². The summed E-state index contributed by atoms with van der Waals surface area (Å²) in [4.78, 5) is 31.4. The Labute approximate surface area is 167 Å². The first-order chi connectivity index (χ1) is 13.9. The maximum absolute atomic E-state index is 11.9. The van der Waals surface area contributed by atoms with Crippen molar-refractivity contribution in [3.05, 3.63) is 64.6 Å². The Morgan fingerprint density at radius 2 is 1.21 bits per heavy atom. The van der Waals surface area contributed by atoms with Gasteiger partial charge in [0.2, 0.25) is 0 Å². The molecule has 0 unspecified atom stereocenters. The zero-order valence-corrected chi connectivity index (χ0v) is 15.9. The molecule has 0 amide bonds. The number of aromatic hydroxyl groups is 2. The van der Waals surface area contributed by atoms with Gasteiger partial charge in [-0.2, -0.15) is 4.91 Å². The standard InChI is InChI=1S/C21H20O6.HNO/c1-26-20-11-14(5-9-18(20)24)3-7-16(22)13-17(23)8-4-15-6-10-19(25)21(12-15)27-2;1-2/h3-12,24-25H,13H2,1-2H3;1H/b7-3+,8-4+;. The van der Waals surface area contributed by atoms with Crippen molar-refractivity contribution in [2.24, 2.45) is 0 Å². The maximum atomic E-state index is 11.9.